The van der Waals surface area contributed by atoms with Crippen molar-refractivity contribution in [2.24, 2.45) is 0 Å². The number of carbonyl (C=O) groups is 1. The predicted octanol–water partition coefficient (Wildman–Crippen LogP) is -0.563. The standard InChI is InChI=1S/C6H12N2OS/c1-10-4-5-2-8-6(9)3-7-5/h5,7H,2-4H2,1H3,(H,8,9)/t5-/m1/s1. The van der Waals surface area contributed by atoms with Gasteiger partial charge in [0.2, 0.25) is 5.91 Å². The average Bonchev–Trinajstić information content (AvgIpc) is 1.95. The van der Waals surface area contributed by atoms with Crippen LogP contribution in [-0.2, 0) is 4.79 Å². The Labute approximate surface area is 64.9 Å². The van der Waals surface area contributed by atoms with E-state index in [0.717, 1.165) is 12.3 Å². The van der Waals surface area contributed by atoms with Crippen LogP contribution >= 0.6 is 11.8 Å². The molecule has 0 saturated carbocycles. The minimum Gasteiger partial charge on any atom is -0.353 e. The van der Waals surface area contributed by atoms with Crippen molar-refractivity contribution < 1.29 is 4.79 Å². The van der Waals surface area contributed by atoms with Crippen molar-refractivity contribution in [3.63, 3.8) is 0 Å². The molecular weight excluding hydrogens is 148 g/mol. The van der Waals surface area contributed by atoms with Crippen LogP contribution in [0, 0.1) is 0 Å². The van der Waals surface area contributed by atoms with Crippen molar-refractivity contribution in [3.05, 3.63) is 0 Å². The fourth-order valence-electron chi connectivity index (χ4n) is 0.928. The lowest BCUT2D eigenvalue weighted by Crippen LogP contribution is -2.52. The van der Waals surface area contributed by atoms with E-state index in [1.807, 2.05) is 0 Å². The van der Waals surface area contributed by atoms with E-state index in [4.69, 9.17) is 0 Å². The zero-order valence-corrected chi connectivity index (χ0v) is 6.83. The van der Waals surface area contributed by atoms with Crippen LogP contribution in [0.2, 0.25) is 0 Å². The Hall–Kier alpha value is -0.220. The number of thioether (sulfide) groups is 1. The van der Waals surface area contributed by atoms with E-state index in [1.165, 1.54) is 0 Å². The third-order valence-electron chi connectivity index (χ3n) is 1.46. The highest BCUT2D eigenvalue weighted by molar-refractivity contribution is 7.98. The molecule has 0 spiro atoms. The van der Waals surface area contributed by atoms with Gasteiger partial charge in [0.1, 0.15) is 0 Å². The van der Waals surface area contributed by atoms with E-state index in [1.54, 1.807) is 11.8 Å². The van der Waals surface area contributed by atoms with E-state index in [9.17, 15) is 4.79 Å². The molecule has 1 atom stereocenters. The molecule has 0 bridgehead atoms. The molecule has 0 aliphatic carbocycles. The summed E-state index contributed by atoms with van der Waals surface area (Å²) in [5.41, 5.74) is 0. The Balaban J connectivity index is 2.19. The largest absolute Gasteiger partial charge is 0.353 e. The van der Waals surface area contributed by atoms with E-state index in [-0.39, 0.29) is 5.91 Å². The van der Waals surface area contributed by atoms with Crippen LogP contribution in [0.3, 0.4) is 0 Å². The van der Waals surface area contributed by atoms with Gasteiger partial charge in [0.05, 0.1) is 6.54 Å². The van der Waals surface area contributed by atoms with Crippen molar-refractivity contribution >= 4 is 17.7 Å². The normalized spacial score (nSPS) is 26.1. The zero-order chi connectivity index (χ0) is 7.40. The number of carbonyl (C=O) groups excluding carboxylic acids is 1. The third-order valence-corrected chi connectivity index (χ3v) is 2.20. The van der Waals surface area contributed by atoms with E-state index in [0.29, 0.717) is 12.6 Å². The summed E-state index contributed by atoms with van der Waals surface area (Å²) < 4.78 is 0. The van der Waals surface area contributed by atoms with Gasteiger partial charge in [0, 0.05) is 18.3 Å². The molecule has 0 aromatic rings. The molecule has 2 N–H and O–H groups in total. The maximum Gasteiger partial charge on any atom is 0.234 e. The second kappa shape index (κ2) is 3.83. The Morgan fingerprint density at radius 1 is 1.80 bits per heavy atom. The molecule has 1 rings (SSSR count). The number of piperazine rings is 1. The van der Waals surface area contributed by atoms with Crippen molar-refractivity contribution in [3.8, 4) is 0 Å². The highest BCUT2D eigenvalue weighted by Crippen LogP contribution is 1.97. The monoisotopic (exact) mass is 160 g/mol. The van der Waals surface area contributed by atoms with Gasteiger partial charge in [-0.3, -0.25) is 4.79 Å². The maximum absolute atomic E-state index is 10.6. The quantitative estimate of drug-likeness (QED) is 0.569. The summed E-state index contributed by atoms with van der Waals surface area (Å²) in [6.07, 6.45) is 2.07. The number of hydrogen-bond donors (Lipinski definition) is 2. The minimum atomic E-state index is 0.109. The molecule has 0 aromatic carbocycles. The molecule has 1 saturated heterocycles. The van der Waals surface area contributed by atoms with Crippen LogP contribution < -0.4 is 10.6 Å². The SMILES string of the molecule is CSC[C@H]1CNC(=O)CN1. The van der Waals surface area contributed by atoms with Crippen molar-refractivity contribution in [1.82, 2.24) is 10.6 Å². The molecule has 4 heteroatoms. The summed E-state index contributed by atoms with van der Waals surface area (Å²) in [6.45, 7) is 1.25. The Kier molecular flexibility index (Phi) is 3.02. The van der Waals surface area contributed by atoms with E-state index < -0.39 is 0 Å². The summed E-state index contributed by atoms with van der Waals surface area (Å²) in [5.74, 6) is 1.18. The van der Waals surface area contributed by atoms with Gasteiger partial charge in [-0.1, -0.05) is 0 Å². The first-order chi connectivity index (χ1) is 4.83. The molecule has 1 fully saturated rings. The van der Waals surface area contributed by atoms with Gasteiger partial charge in [-0.2, -0.15) is 11.8 Å². The van der Waals surface area contributed by atoms with E-state index in [2.05, 4.69) is 16.9 Å². The van der Waals surface area contributed by atoms with Crippen LogP contribution in [0.5, 0.6) is 0 Å². The zero-order valence-electron chi connectivity index (χ0n) is 6.02. The summed E-state index contributed by atoms with van der Waals surface area (Å²) in [6, 6.07) is 0.465. The summed E-state index contributed by atoms with van der Waals surface area (Å²) in [5, 5.41) is 5.94. The highest BCUT2D eigenvalue weighted by Gasteiger charge is 2.15. The van der Waals surface area contributed by atoms with Gasteiger partial charge in [-0.15, -0.1) is 0 Å². The Morgan fingerprint density at radius 2 is 2.60 bits per heavy atom. The lowest BCUT2D eigenvalue weighted by molar-refractivity contribution is -0.121. The first kappa shape index (κ1) is 7.88. The number of amides is 1. The third kappa shape index (κ3) is 2.19. The maximum atomic E-state index is 10.6. The van der Waals surface area contributed by atoms with Crippen molar-refractivity contribution in [1.29, 1.82) is 0 Å². The van der Waals surface area contributed by atoms with Crippen molar-refractivity contribution in [2.75, 3.05) is 25.1 Å². The van der Waals surface area contributed by atoms with Crippen LogP contribution in [0.25, 0.3) is 0 Å². The molecule has 0 aromatic heterocycles. The topological polar surface area (TPSA) is 41.1 Å². The lowest BCUT2D eigenvalue weighted by Gasteiger charge is -2.22. The highest BCUT2D eigenvalue weighted by atomic mass is 32.2. The van der Waals surface area contributed by atoms with Crippen molar-refractivity contribution in [2.45, 2.75) is 6.04 Å². The molecule has 1 amide bonds. The fourth-order valence-corrected chi connectivity index (χ4v) is 1.57. The lowest BCUT2D eigenvalue weighted by atomic mass is 10.3. The molecule has 0 unspecified atom stereocenters. The van der Waals surface area contributed by atoms with Gasteiger partial charge in [0.25, 0.3) is 0 Å². The second-order valence-electron chi connectivity index (χ2n) is 2.34. The molecule has 58 valence electrons. The van der Waals surface area contributed by atoms with Crippen LogP contribution in [-0.4, -0.2) is 37.0 Å². The minimum absolute atomic E-state index is 0.109. The molecule has 10 heavy (non-hydrogen) atoms. The Bertz CT molecular complexity index is 119. The molecule has 1 heterocycles. The number of nitrogens with one attached hydrogen (secondary N) is 2. The number of hydrogen-bond acceptors (Lipinski definition) is 3. The first-order valence-electron chi connectivity index (χ1n) is 3.32. The fraction of sp³-hybridized carbons (Fsp3) is 0.833. The molecule has 3 nitrogen and oxygen atoms in total. The average molecular weight is 160 g/mol. The van der Waals surface area contributed by atoms with Crippen LogP contribution in [0.1, 0.15) is 0 Å². The molecule has 1 aliphatic rings. The van der Waals surface area contributed by atoms with Gasteiger partial charge in [0.15, 0.2) is 0 Å². The molecule has 1 aliphatic heterocycles. The molecule has 0 radical (unpaired) electrons. The van der Waals surface area contributed by atoms with Gasteiger partial charge >= 0.3 is 0 Å². The second-order valence-corrected chi connectivity index (χ2v) is 3.25. The van der Waals surface area contributed by atoms with Gasteiger partial charge < -0.3 is 10.6 Å². The van der Waals surface area contributed by atoms with E-state index >= 15 is 0 Å². The van der Waals surface area contributed by atoms with Gasteiger partial charge in [-0.25, -0.2) is 0 Å². The smallest absolute Gasteiger partial charge is 0.234 e. The molecular formula is C6H12N2OS. The number of rotatable bonds is 2. The van der Waals surface area contributed by atoms with Crippen LogP contribution in [0.4, 0.5) is 0 Å². The summed E-state index contributed by atoms with van der Waals surface area (Å²) in [4.78, 5) is 10.6. The predicted molar refractivity (Wildman–Crippen MR) is 43.2 cm³/mol. The summed E-state index contributed by atoms with van der Waals surface area (Å²) in [7, 11) is 0. The first-order valence-corrected chi connectivity index (χ1v) is 4.71. The van der Waals surface area contributed by atoms with Gasteiger partial charge in [-0.05, 0) is 6.26 Å². The van der Waals surface area contributed by atoms with Crippen LogP contribution in [0.15, 0.2) is 0 Å². The Morgan fingerprint density at radius 3 is 3.10 bits per heavy atom. The summed E-state index contributed by atoms with van der Waals surface area (Å²) >= 11 is 1.80.